The summed E-state index contributed by atoms with van der Waals surface area (Å²) in [5.74, 6) is -2.43. The Morgan fingerprint density at radius 2 is 1.81 bits per heavy atom. The van der Waals surface area contributed by atoms with Gasteiger partial charge in [-0.25, -0.2) is 9.59 Å². The molecule has 4 unspecified atom stereocenters. The SMILES string of the molecule is Bc1cccc(C(=O)O[C@H]2CC3C(C)(COC(C)=O)[C@@H](OC(C)=O)CC[C@]3(C)C3[C@@H](O)c4c(cc(-c5cccnc5)oc4=O)OC32C)c1. The minimum Gasteiger partial charge on any atom is -0.482 e. The topological polar surface area (TPSA) is 151 Å². The maximum atomic E-state index is 13.8. The number of hydrogen-bond donors (Lipinski definition) is 1. The first-order chi connectivity index (χ1) is 22.7. The van der Waals surface area contributed by atoms with Gasteiger partial charge in [0.05, 0.1) is 11.7 Å². The number of fused-ring (bicyclic) bond motifs is 4. The van der Waals surface area contributed by atoms with Gasteiger partial charge in [-0.15, -0.1) is 0 Å². The van der Waals surface area contributed by atoms with E-state index in [0.29, 0.717) is 24.0 Å². The fraction of sp³-hybridized carbons (Fsp3) is 0.472. The molecule has 3 heterocycles. The second-order valence-corrected chi connectivity index (χ2v) is 14.1. The molecule has 8 atom stereocenters. The Hall–Kier alpha value is -4.45. The van der Waals surface area contributed by atoms with Gasteiger partial charge in [0, 0.05) is 49.2 Å². The van der Waals surface area contributed by atoms with Gasteiger partial charge in [0.1, 0.15) is 49.3 Å². The summed E-state index contributed by atoms with van der Waals surface area (Å²) in [6, 6.07) is 12.1. The first kappa shape index (κ1) is 33.5. The molecule has 3 aliphatic rings. The predicted molar refractivity (Wildman–Crippen MR) is 175 cm³/mol. The van der Waals surface area contributed by atoms with E-state index in [4.69, 9.17) is 23.4 Å². The molecule has 48 heavy (non-hydrogen) atoms. The first-order valence-corrected chi connectivity index (χ1v) is 16.2. The summed E-state index contributed by atoms with van der Waals surface area (Å²) < 4.78 is 30.3. The van der Waals surface area contributed by atoms with Crippen LogP contribution in [0, 0.1) is 22.7 Å². The highest BCUT2D eigenvalue weighted by molar-refractivity contribution is 6.32. The second kappa shape index (κ2) is 12.2. The zero-order chi connectivity index (χ0) is 34.6. The van der Waals surface area contributed by atoms with Crippen molar-refractivity contribution in [3.63, 3.8) is 0 Å². The Balaban J connectivity index is 1.51. The fourth-order valence-corrected chi connectivity index (χ4v) is 8.81. The van der Waals surface area contributed by atoms with E-state index >= 15 is 0 Å². The Bertz CT molecular complexity index is 1810. The molecule has 0 spiro atoms. The van der Waals surface area contributed by atoms with E-state index in [0.717, 1.165) is 5.46 Å². The quantitative estimate of drug-likeness (QED) is 0.236. The maximum Gasteiger partial charge on any atom is 0.345 e. The van der Waals surface area contributed by atoms with Crippen molar-refractivity contribution in [1.29, 1.82) is 0 Å². The number of carbonyl (C=O) groups is 3. The highest BCUT2D eigenvalue weighted by Crippen LogP contribution is 2.67. The summed E-state index contributed by atoms with van der Waals surface area (Å²) in [7, 11) is 1.88. The molecule has 0 amide bonds. The van der Waals surface area contributed by atoms with Crippen molar-refractivity contribution in [2.45, 2.75) is 77.8 Å². The van der Waals surface area contributed by atoms with Crippen molar-refractivity contribution in [3.8, 4) is 17.1 Å². The van der Waals surface area contributed by atoms with Crippen LogP contribution in [0.4, 0.5) is 0 Å². The molecule has 2 aromatic heterocycles. The van der Waals surface area contributed by atoms with Gasteiger partial charge in [0.25, 0.3) is 0 Å². The highest BCUT2D eigenvalue weighted by Gasteiger charge is 2.71. The number of aromatic nitrogens is 1. The Kier molecular flexibility index (Phi) is 8.52. The summed E-state index contributed by atoms with van der Waals surface area (Å²) in [6.07, 6.45) is 1.30. The van der Waals surface area contributed by atoms with Gasteiger partial charge in [-0.1, -0.05) is 37.5 Å². The molecule has 11 nitrogen and oxygen atoms in total. The third kappa shape index (κ3) is 5.59. The molecule has 1 aromatic carbocycles. The Morgan fingerprint density at radius 1 is 1.04 bits per heavy atom. The van der Waals surface area contributed by atoms with Gasteiger partial charge >= 0.3 is 23.5 Å². The molecular formula is C36H40BNO10. The number of ether oxygens (including phenoxy) is 4. The molecule has 252 valence electrons. The third-order valence-electron chi connectivity index (χ3n) is 10.9. The average Bonchev–Trinajstić information content (AvgIpc) is 3.02. The van der Waals surface area contributed by atoms with Crippen LogP contribution in [0.5, 0.6) is 5.75 Å². The molecular weight excluding hydrogens is 617 g/mol. The molecule has 2 saturated carbocycles. The van der Waals surface area contributed by atoms with Gasteiger partial charge in [0.15, 0.2) is 0 Å². The van der Waals surface area contributed by atoms with Crippen molar-refractivity contribution in [3.05, 3.63) is 76.4 Å². The lowest BCUT2D eigenvalue weighted by Gasteiger charge is -2.66. The third-order valence-corrected chi connectivity index (χ3v) is 10.9. The summed E-state index contributed by atoms with van der Waals surface area (Å²) in [4.78, 5) is 56.0. The van der Waals surface area contributed by atoms with Crippen molar-refractivity contribution < 1.29 is 42.9 Å². The minimum atomic E-state index is -1.38. The van der Waals surface area contributed by atoms with E-state index in [-0.39, 0.29) is 30.1 Å². The smallest absolute Gasteiger partial charge is 0.345 e. The molecule has 6 rings (SSSR count). The van der Waals surface area contributed by atoms with Crippen LogP contribution >= 0.6 is 0 Å². The molecule has 2 aliphatic carbocycles. The minimum absolute atomic E-state index is 0.0282. The lowest BCUT2D eigenvalue weighted by Crippen LogP contribution is -2.71. The fourth-order valence-electron chi connectivity index (χ4n) is 8.81. The standard InChI is InChI=1S/C36H40BNO10/c1-19(39)44-18-35(4)26-16-28(47-32(42)21-8-6-10-23(37)14-21)36(5)31(34(26,3)12-11-27(35)45-20(2)40)30(41)29-25(48-36)15-24(46-33(29)43)22-9-7-13-38-17-22/h6-10,13-15,17,26-28,30-31,41H,11-12,16,18,37H2,1-5H3/t26?,27-,28-,30-,31?,34-,35?,36?/m0/s1. The van der Waals surface area contributed by atoms with E-state index in [1.165, 1.54) is 13.8 Å². The van der Waals surface area contributed by atoms with E-state index in [1.54, 1.807) is 55.7 Å². The number of hydrogen-bond acceptors (Lipinski definition) is 11. The van der Waals surface area contributed by atoms with Gasteiger partial charge in [0.2, 0.25) is 0 Å². The molecule has 3 aromatic rings. The van der Waals surface area contributed by atoms with Gasteiger partial charge < -0.3 is 28.5 Å². The second-order valence-electron chi connectivity index (χ2n) is 14.1. The van der Waals surface area contributed by atoms with Crippen LogP contribution in [0.15, 0.2) is 64.1 Å². The summed E-state index contributed by atoms with van der Waals surface area (Å²) in [6.45, 7) is 8.28. The number of carbonyl (C=O) groups excluding carboxylic acids is 3. The number of aliphatic hydroxyl groups is 1. The molecule has 12 heteroatoms. The van der Waals surface area contributed by atoms with E-state index in [9.17, 15) is 24.3 Å². The van der Waals surface area contributed by atoms with Crippen LogP contribution in [0.2, 0.25) is 0 Å². The van der Waals surface area contributed by atoms with E-state index in [1.807, 2.05) is 27.8 Å². The number of nitrogens with zero attached hydrogens (tertiary/aromatic N) is 1. The molecule has 1 N–H and O–H groups in total. The number of benzene rings is 1. The van der Waals surface area contributed by atoms with Crippen molar-refractivity contribution in [2.75, 3.05) is 6.61 Å². The van der Waals surface area contributed by atoms with Crippen LogP contribution in [0.25, 0.3) is 11.3 Å². The van der Waals surface area contributed by atoms with Crippen molar-refractivity contribution in [2.24, 2.45) is 22.7 Å². The lowest BCUT2D eigenvalue weighted by molar-refractivity contribution is -0.266. The van der Waals surface area contributed by atoms with Crippen molar-refractivity contribution in [1.82, 2.24) is 4.98 Å². The van der Waals surface area contributed by atoms with Crippen LogP contribution in [0.3, 0.4) is 0 Å². The molecule has 0 radical (unpaired) electrons. The van der Waals surface area contributed by atoms with Crippen LogP contribution in [-0.4, -0.2) is 60.3 Å². The largest absolute Gasteiger partial charge is 0.482 e. The Morgan fingerprint density at radius 3 is 2.48 bits per heavy atom. The number of rotatable bonds is 6. The average molecular weight is 658 g/mol. The van der Waals surface area contributed by atoms with Gasteiger partial charge in [-0.3, -0.25) is 14.6 Å². The van der Waals surface area contributed by atoms with Crippen molar-refractivity contribution >= 4 is 31.2 Å². The first-order valence-electron chi connectivity index (χ1n) is 16.2. The predicted octanol–water partition coefficient (Wildman–Crippen LogP) is 3.31. The maximum absolute atomic E-state index is 13.8. The Labute approximate surface area is 279 Å². The normalized spacial score (nSPS) is 32.0. The number of esters is 3. The van der Waals surface area contributed by atoms with Crippen LogP contribution in [-0.2, 0) is 23.8 Å². The van der Waals surface area contributed by atoms with Crippen LogP contribution < -0.4 is 15.8 Å². The van der Waals surface area contributed by atoms with Gasteiger partial charge in [-0.05, 0) is 55.7 Å². The van der Waals surface area contributed by atoms with E-state index in [2.05, 4.69) is 4.98 Å². The van der Waals surface area contributed by atoms with Gasteiger partial charge in [-0.2, -0.15) is 0 Å². The summed E-state index contributed by atoms with van der Waals surface area (Å²) in [5.41, 5.74) is -2.06. The monoisotopic (exact) mass is 657 g/mol. The zero-order valence-corrected chi connectivity index (χ0v) is 28.0. The molecule has 0 saturated heterocycles. The molecule has 0 bridgehead atoms. The molecule has 1 aliphatic heterocycles. The van der Waals surface area contributed by atoms with E-state index < -0.39 is 70.1 Å². The number of aliphatic hydroxyl groups excluding tert-OH is 1. The summed E-state index contributed by atoms with van der Waals surface area (Å²) in [5, 5.41) is 12.3. The highest BCUT2D eigenvalue weighted by atomic mass is 16.6. The number of pyridine rings is 1. The molecule has 2 fully saturated rings. The van der Waals surface area contributed by atoms with Crippen LogP contribution in [0.1, 0.15) is 75.9 Å². The lowest BCUT2D eigenvalue weighted by atomic mass is 9.42. The zero-order valence-electron chi connectivity index (χ0n) is 28.0. The summed E-state index contributed by atoms with van der Waals surface area (Å²) >= 11 is 0.